The smallest absolute Gasteiger partial charge is 0.241 e. The van der Waals surface area contributed by atoms with Gasteiger partial charge in [-0.1, -0.05) is 25.8 Å². The third-order valence-corrected chi connectivity index (χ3v) is 2.66. The number of nitrogens with one attached hydrogen (secondary N) is 1. The maximum Gasteiger partial charge on any atom is 0.241 e. The molecule has 1 unspecified atom stereocenters. The molecule has 3 N–H and O–H groups in total. The number of carbonyl (C=O) groups is 1. The molecule has 0 heterocycles. The van der Waals surface area contributed by atoms with Crippen LogP contribution >= 0.6 is 0 Å². The van der Waals surface area contributed by atoms with Crippen molar-refractivity contribution in [1.82, 2.24) is 0 Å². The van der Waals surface area contributed by atoms with Gasteiger partial charge in [0.25, 0.3) is 0 Å². The molecule has 1 atom stereocenters. The summed E-state index contributed by atoms with van der Waals surface area (Å²) in [5.41, 5.74) is 7.04. The van der Waals surface area contributed by atoms with Crippen LogP contribution in [0.2, 0.25) is 0 Å². The van der Waals surface area contributed by atoms with Gasteiger partial charge in [0.05, 0.1) is 6.04 Å². The van der Waals surface area contributed by atoms with E-state index in [0.29, 0.717) is 12.1 Å². The lowest BCUT2D eigenvalue weighted by Gasteiger charge is -2.13. The SMILES string of the molecule is CCCCC(N)C(=O)Nc1cc(F)ccc1C. The Labute approximate surface area is 101 Å². The molecule has 3 nitrogen and oxygen atoms in total. The Morgan fingerprint density at radius 1 is 1.53 bits per heavy atom. The molecule has 0 saturated carbocycles. The van der Waals surface area contributed by atoms with Gasteiger partial charge in [-0.05, 0) is 31.0 Å². The molecule has 1 amide bonds. The molecule has 1 aromatic carbocycles. The quantitative estimate of drug-likeness (QED) is 0.828. The van der Waals surface area contributed by atoms with Crippen molar-refractivity contribution >= 4 is 11.6 Å². The Bertz CT molecular complexity index is 393. The Hall–Kier alpha value is -1.42. The first-order valence-electron chi connectivity index (χ1n) is 5.87. The van der Waals surface area contributed by atoms with Crippen LogP contribution in [-0.4, -0.2) is 11.9 Å². The molecule has 0 saturated heterocycles. The summed E-state index contributed by atoms with van der Waals surface area (Å²) >= 11 is 0. The van der Waals surface area contributed by atoms with Crippen LogP contribution < -0.4 is 11.1 Å². The fourth-order valence-corrected chi connectivity index (χ4v) is 1.51. The topological polar surface area (TPSA) is 55.1 Å². The highest BCUT2D eigenvalue weighted by atomic mass is 19.1. The summed E-state index contributed by atoms with van der Waals surface area (Å²) in [5.74, 6) is -0.625. The van der Waals surface area contributed by atoms with Gasteiger partial charge in [0.2, 0.25) is 5.91 Å². The van der Waals surface area contributed by atoms with Crippen LogP contribution in [0.1, 0.15) is 31.7 Å². The lowest BCUT2D eigenvalue weighted by molar-refractivity contribution is -0.117. The first-order valence-corrected chi connectivity index (χ1v) is 5.87. The number of nitrogens with two attached hydrogens (primary N) is 1. The summed E-state index contributed by atoms with van der Waals surface area (Å²) in [7, 11) is 0. The maximum absolute atomic E-state index is 13.0. The van der Waals surface area contributed by atoms with Crippen molar-refractivity contribution < 1.29 is 9.18 Å². The van der Waals surface area contributed by atoms with Gasteiger partial charge in [-0.3, -0.25) is 4.79 Å². The number of carbonyl (C=O) groups excluding carboxylic acids is 1. The second-order valence-electron chi connectivity index (χ2n) is 4.20. The summed E-state index contributed by atoms with van der Waals surface area (Å²) < 4.78 is 13.0. The van der Waals surface area contributed by atoms with Crippen LogP contribution in [0.15, 0.2) is 18.2 Å². The zero-order valence-electron chi connectivity index (χ0n) is 10.3. The molecule has 0 bridgehead atoms. The average Bonchev–Trinajstić information content (AvgIpc) is 2.30. The number of rotatable bonds is 5. The average molecular weight is 238 g/mol. The van der Waals surface area contributed by atoms with Crippen molar-refractivity contribution in [2.75, 3.05) is 5.32 Å². The van der Waals surface area contributed by atoms with Crippen LogP contribution in [0.4, 0.5) is 10.1 Å². The van der Waals surface area contributed by atoms with E-state index in [9.17, 15) is 9.18 Å². The molecule has 0 spiro atoms. The summed E-state index contributed by atoms with van der Waals surface area (Å²) in [6, 6.07) is 3.77. The molecular weight excluding hydrogens is 219 g/mol. The van der Waals surface area contributed by atoms with Crippen molar-refractivity contribution in [3.63, 3.8) is 0 Å². The Kier molecular flexibility index (Phi) is 5.10. The Morgan fingerprint density at radius 2 is 2.24 bits per heavy atom. The summed E-state index contributed by atoms with van der Waals surface area (Å²) in [6.07, 6.45) is 2.56. The van der Waals surface area contributed by atoms with Crippen LogP contribution in [0.3, 0.4) is 0 Å². The van der Waals surface area contributed by atoms with Crippen LogP contribution in [0.5, 0.6) is 0 Å². The van der Waals surface area contributed by atoms with Crippen molar-refractivity contribution in [2.45, 2.75) is 39.2 Å². The van der Waals surface area contributed by atoms with E-state index in [0.717, 1.165) is 18.4 Å². The molecule has 0 aliphatic rings. The standard InChI is InChI=1S/C13H19FN2O/c1-3-4-5-11(15)13(17)16-12-8-10(14)7-6-9(12)2/h6-8,11H,3-5,15H2,1-2H3,(H,16,17). The Morgan fingerprint density at radius 3 is 2.88 bits per heavy atom. The molecule has 0 fully saturated rings. The van der Waals surface area contributed by atoms with E-state index >= 15 is 0 Å². The minimum Gasteiger partial charge on any atom is -0.324 e. The minimum atomic E-state index is -0.530. The number of hydrogen-bond acceptors (Lipinski definition) is 2. The predicted molar refractivity (Wildman–Crippen MR) is 67.3 cm³/mol. The second-order valence-corrected chi connectivity index (χ2v) is 4.20. The number of halogens is 1. The summed E-state index contributed by atoms with van der Waals surface area (Å²) in [5, 5.41) is 2.66. The van der Waals surface area contributed by atoms with E-state index in [2.05, 4.69) is 5.32 Å². The van der Waals surface area contributed by atoms with Gasteiger partial charge in [-0.25, -0.2) is 4.39 Å². The van der Waals surface area contributed by atoms with Crippen LogP contribution in [0.25, 0.3) is 0 Å². The number of hydrogen-bond donors (Lipinski definition) is 2. The van der Waals surface area contributed by atoms with E-state index in [1.54, 1.807) is 6.07 Å². The highest BCUT2D eigenvalue weighted by Gasteiger charge is 2.13. The fourth-order valence-electron chi connectivity index (χ4n) is 1.51. The summed E-state index contributed by atoms with van der Waals surface area (Å²) in [4.78, 5) is 11.7. The van der Waals surface area contributed by atoms with E-state index in [4.69, 9.17) is 5.73 Å². The number of anilines is 1. The van der Waals surface area contributed by atoms with Gasteiger partial charge in [-0.15, -0.1) is 0 Å². The largest absolute Gasteiger partial charge is 0.324 e. The zero-order chi connectivity index (χ0) is 12.8. The molecule has 0 aliphatic carbocycles. The van der Waals surface area contributed by atoms with Crippen LogP contribution in [0, 0.1) is 12.7 Å². The molecule has 1 aromatic rings. The summed E-state index contributed by atoms with van der Waals surface area (Å²) in [6.45, 7) is 3.86. The predicted octanol–water partition coefficient (Wildman–Crippen LogP) is 2.59. The van der Waals surface area contributed by atoms with Crippen molar-refractivity contribution in [3.05, 3.63) is 29.6 Å². The van der Waals surface area contributed by atoms with Gasteiger partial charge in [0.15, 0.2) is 0 Å². The molecular formula is C13H19FN2O. The maximum atomic E-state index is 13.0. The van der Waals surface area contributed by atoms with Crippen molar-refractivity contribution in [3.8, 4) is 0 Å². The first-order chi connectivity index (χ1) is 8.04. The normalized spacial score (nSPS) is 12.2. The van der Waals surface area contributed by atoms with Crippen molar-refractivity contribution in [1.29, 1.82) is 0 Å². The number of amides is 1. The monoisotopic (exact) mass is 238 g/mol. The third kappa shape index (κ3) is 4.15. The van der Waals surface area contributed by atoms with Crippen molar-refractivity contribution in [2.24, 2.45) is 5.73 Å². The van der Waals surface area contributed by atoms with Gasteiger partial charge < -0.3 is 11.1 Å². The van der Waals surface area contributed by atoms with E-state index in [-0.39, 0.29) is 11.7 Å². The molecule has 0 aromatic heterocycles. The molecule has 1 rings (SSSR count). The molecule has 0 radical (unpaired) electrons. The fraction of sp³-hybridized carbons (Fsp3) is 0.462. The number of aryl methyl sites for hydroxylation is 1. The third-order valence-electron chi connectivity index (χ3n) is 2.66. The molecule has 0 aliphatic heterocycles. The highest BCUT2D eigenvalue weighted by molar-refractivity contribution is 5.95. The molecule has 17 heavy (non-hydrogen) atoms. The van der Waals surface area contributed by atoms with Crippen LogP contribution in [-0.2, 0) is 4.79 Å². The van der Waals surface area contributed by atoms with E-state index < -0.39 is 6.04 Å². The molecule has 94 valence electrons. The number of benzene rings is 1. The van der Waals surface area contributed by atoms with Gasteiger partial charge in [-0.2, -0.15) is 0 Å². The van der Waals surface area contributed by atoms with Gasteiger partial charge in [0, 0.05) is 5.69 Å². The van der Waals surface area contributed by atoms with E-state index in [1.807, 2.05) is 13.8 Å². The molecule has 4 heteroatoms. The first kappa shape index (κ1) is 13.6. The lowest BCUT2D eigenvalue weighted by atomic mass is 10.1. The minimum absolute atomic E-state index is 0.257. The zero-order valence-corrected chi connectivity index (χ0v) is 10.3. The Balaban J connectivity index is 2.64. The lowest BCUT2D eigenvalue weighted by Crippen LogP contribution is -2.35. The highest BCUT2D eigenvalue weighted by Crippen LogP contribution is 2.16. The second kappa shape index (κ2) is 6.35. The number of unbranched alkanes of at least 4 members (excludes halogenated alkanes) is 1. The van der Waals surface area contributed by atoms with Gasteiger partial charge >= 0.3 is 0 Å². The van der Waals surface area contributed by atoms with Gasteiger partial charge in [0.1, 0.15) is 5.82 Å². The van der Waals surface area contributed by atoms with E-state index in [1.165, 1.54) is 12.1 Å².